The molecule has 0 aliphatic heterocycles. The Hall–Kier alpha value is -1.29. The fraction of sp³-hybridized carbons (Fsp3) is 0.529. The maximum atomic E-state index is 12.5. The number of amides is 1. The summed E-state index contributed by atoms with van der Waals surface area (Å²) in [7, 11) is 0. The Labute approximate surface area is 131 Å². The van der Waals surface area contributed by atoms with Crippen LogP contribution in [-0.2, 0) is 0 Å². The van der Waals surface area contributed by atoms with Crippen LogP contribution in [-0.4, -0.2) is 22.7 Å². The van der Waals surface area contributed by atoms with Crippen LogP contribution < -0.4 is 5.32 Å². The van der Waals surface area contributed by atoms with Gasteiger partial charge in [0.1, 0.15) is 5.03 Å². The lowest BCUT2D eigenvalue weighted by molar-refractivity contribution is 0.0926. The normalized spacial score (nSPS) is 16.8. The van der Waals surface area contributed by atoms with E-state index in [-0.39, 0.29) is 5.91 Å². The highest BCUT2D eigenvalue weighted by Crippen LogP contribution is 2.21. The Balaban J connectivity index is 1.99. The predicted molar refractivity (Wildman–Crippen MR) is 88.7 cm³/mol. The van der Waals surface area contributed by atoms with Crippen molar-refractivity contribution in [2.45, 2.75) is 56.0 Å². The van der Waals surface area contributed by atoms with Crippen molar-refractivity contribution >= 4 is 17.7 Å². The molecule has 0 bridgehead atoms. The lowest BCUT2D eigenvalue weighted by Gasteiger charge is -2.21. The molecule has 0 saturated heterocycles. The fourth-order valence-corrected chi connectivity index (χ4v) is 3.41. The Bertz CT molecular complexity index is 468. The van der Waals surface area contributed by atoms with Gasteiger partial charge in [-0.05, 0) is 25.0 Å². The number of carbonyl (C=O) groups is 1. The van der Waals surface area contributed by atoms with Crippen molar-refractivity contribution in [1.29, 1.82) is 0 Å². The minimum Gasteiger partial charge on any atom is -0.349 e. The van der Waals surface area contributed by atoms with E-state index in [9.17, 15) is 4.79 Å². The molecular formula is C17H24N2OS. The summed E-state index contributed by atoms with van der Waals surface area (Å²) in [6, 6.07) is 4.00. The van der Waals surface area contributed by atoms with Crippen molar-refractivity contribution in [2.75, 3.05) is 5.75 Å². The fourth-order valence-electron chi connectivity index (χ4n) is 2.68. The van der Waals surface area contributed by atoms with E-state index < -0.39 is 0 Å². The second-order valence-electron chi connectivity index (χ2n) is 5.47. The summed E-state index contributed by atoms with van der Waals surface area (Å²) in [5, 5.41) is 3.99. The van der Waals surface area contributed by atoms with Crippen molar-refractivity contribution in [3.8, 4) is 0 Å². The molecule has 1 aromatic rings. The number of nitrogens with one attached hydrogen (secondary N) is 1. The minimum absolute atomic E-state index is 0.0141. The molecule has 1 fully saturated rings. The van der Waals surface area contributed by atoms with Crippen LogP contribution >= 0.6 is 11.8 Å². The van der Waals surface area contributed by atoms with Gasteiger partial charge >= 0.3 is 0 Å². The maximum absolute atomic E-state index is 12.5. The van der Waals surface area contributed by atoms with E-state index in [0.717, 1.165) is 23.6 Å². The van der Waals surface area contributed by atoms with Gasteiger partial charge in [0.2, 0.25) is 0 Å². The summed E-state index contributed by atoms with van der Waals surface area (Å²) in [6.07, 6.45) is 12.1. The van der Waals surface area contributed by atoms with E-state index in [0.29, 0.717) is 11.6 Å². The van der Waals surface area contributed by atoms with Gasteiger partial charge in [0.05, 0.1) is 5.56 Å². The van der Waals surface area contributed by atoms with Crippen LogP contribution in [0.25, 0.3) is 0 Å². The first kappa shape index (κ1) is 16.1. The van der Waals surface area contributed by atoms with Crippen LogP contribution in [0.2, 0.25) is 0 Å². The molecule has 1 aliphatic rings. The monoisotopic (exact) mass is 304 g/mol. The number of hydrogen-bond donors (Lipinski definition) is 1. The van der Waals surface area contributed by atoms with Gasteiger partial charge in [-0.1, -0.05) is 38.2 Å². The third-order valence-corrected chi connectivity index (χ3v) is 4.80. The highest BCUT2D eigenvalue weighted by Gasteiger charge is 2.17. The molecule has 1 heterocycles. The molecule has 21 heavy (non-hydrogen) atoms. The van der Waals surface area contributed by atoms with Gasteiger partial charge in [0.15, 0.2) is 0 Å². The summed E-state index contributed by atoms with van der Waals surface area (Å²) in [4.78, 5) is 16.8. The van der Waals surface area contributed by atoms with E-state index >= 15 is 0 Å². The van der Waals surface area contributed by atoms with E-state index in [1.807, 2.05) is 18.2 Å². The molecule has 0 unspecified atom stereocenters. The number of pyridine rings is 1. The van der Waals surface area contributed by atoms with Gasteiger partial charge in [-0.3, -0.25) is 4.79 Å². The molecule has 3 nitrogen and oxygen atoms in total. The molecule has 1 aromatic heterocycles. The molecule has 0 radical (unpaired) electrons. The van der Waals surface area contributed by atoms with Crippen molar-refractivity contribution in [1.82, 2.24) is 10.3 Å². The lowest BCUT2D eigenvalue weighted by atomic mass is 9.96. The molecular weight excluding hydrogens is 280 g/mol. The van der Waals surface area contributed by atoms with Crippen LogP contribution in [0.4, 0.5) is 0 Å². The summed E-state index contributed by atoms with van der Waals surface area (Å²) in [6.45, 7) is 3.71. The lowest BCUT2D eigenvalue weighted by Crippen LogP contribution is -2.35. The largest absolute Gasteiger partial charge is 0.349 e. The first-order chi connectivity index (χ1) is 10.3. The van der Waals surface area contributed by atoms with Crippen LogP contribution in [0.1, 0.15) is 55.3 Å². The number of carbonyl (C=O) groups excluding carboxylic acids is 1. The SMILES string of the molecule is C=CCSc1ncccc1C(=O)NC1CCCCCCC1. The van der Waals surface area contributed by atoms with Crippen LogP contribution in [0.15, 0.2) is 36.0 Å². The topological polar surface area (TPSA) is 42.0 Å². The molecule has 0 atom stereocenters. The van der Waals surface area contributed by atoms with Gasteiger partial charge in [-0.25, -0.2) is 4.98 Å². The van der Waals surface area contributed by atoms with Crippen LogP contribution in [0, 0.1) is 0 Å². The van der Waals surface area contributed by atoms with Crippen molar-refractivity contribution < 1.29 is 4.79 Å². The quantitative estimate of drug-likeness (QED) is 0.654. The van der Waals surface area contributed by atoms with E-state index in [4.69, 9.17) is 0 Å². The van der Waals surface area contributed by atoms with Crippen LogP contribution in [0.3, 0.4) is 0 Å². The Morgan fingerprint density at radius 1 is 1.33 bits per heavy atom. The number of thioether (sulfide) groups is 1. The minimum atomic E-state index is 0.0141. The summed E-state index contributed by atoms with van der Waals surface area (Å²) >= 11 is 1.55. The van der Waals surface area contributed by atoms with Crippen molar-refractivity contribution in [3.63, 3.8) is 0 Å². The number of nitrogens with zero attached hydrogens (tertiary/aromatic N) is 1. The Morgan fingerprint density at radius 3 is 2.76 bits per heavy atom. The summed E-state index contributed by atoms with van der Waals surface area (Å²) in [5.74, 6) is 0.779. The van der Waals surface area contributed by atoms with E-state index in [1.165, 1.54) is 32.1 Å². The molecule has 4 heteroatoms. The van der Waals surface area contributed by atoms with Gasteiger partial charge in [0, 0.05) is 18.0 Å². The number of hydrogen-bond acceptors (Lipinski definition) is 3. The molecule has 114 valence electrons. The summed E-state index contributed by atoms with van der Waals surface area (Å²) < 4.78 is 0. The van der Waals surface area contributed by atoms with E-state index in [1.54, 1.807) is 18.0 Å². The molecule has 0 aromatic carbocycles. The number of rotatable bonds is 5. The standard InChI is InChI=1S/C17H24N2OS/c1-2-13-21-17-15(11-8-12-18-17)16(20)19-14-9-6-4-3-5-7-10-14/h2,8,11-12,14H,1,3-7,9-10,13H2,(H,19,20). The highest BCUT2D eigenvalue weighted by molar-refractivity contribution is 7.99. The van der Waals surface area contributed by atoms with Crippen molar-refractivity contribution in [3.05, 3.63) is 36.5 Å². The van der Waals surface area contributed by atoms with E-state index in [2.05, 4.69) is 16.9 Å². The second-order valence-corrected chi connectivity index (χ2v) is 6.48. The summed E-state index contributed by atoms with van der Waals surface area (Å²) in [5.41, 5.74) is 0.686. The molecule has 1 N–H and O–H groups in total. The average Bonchev–Trinajstić information content (AvgIpc) is 2.48. The third kappa shape index (κ3) is 5.20. The zero-order valence-electron chi connectivity index (χ0n) is 12.5. The molecule has 1 saturated carbocycles. The maximum Gasteiger partial charge on any atom is 0.254 e. The molecule has 2 rings (SSSR count). The zero-order chi connectivity index (χ0) is 14.9. The van der Waals surface area contributed by atoms with Crippen LogP contribution in [0.5, 0.6) is 0 Å². The third-order valence-electron chi connectivity index (χ3n) is 3.79. The number of aromatic nitrogens is 1. The average molecular weight is 304 g/mol. The molecule has 1 aliphatic carbocycles. The van der Waals surface area contributed by atoms with Gasteiger partial charge in [-0.2, -0.15) is 0 Å². The van der Waals surface area contributed by atoms with Gasteiger partial charge in [-0.15, -0.1) is 18.3 Å². The Morgan fingerprint density at radius 2 is 2.05 bits per heavy atom. The highest BCUT2D eigenvalue weighted by atomic mass is 32.2. The Kier molecular flexibility index (Phi) is 6.80. The predicted octanol–water partition coefficient (Wildman–Crippen LogP) is 4.20. The first-order valence-electron chi connectivity index (χ1n) is 7.81. The smallest absolute Gasteiger partial charge is 0.254 e. The second kappa shape index (κ2) is 8.88. The van der Waals surface area contributed by atoms with Crippen molar-refractivity contribution in [2.24, 2.45) is 0 Å². The van der Waals surface area contributed by atoms with Gasteiger partial charge in [0.25, 0.3) is 5.91 Å². The molecule has 1 amide bonds. The molecule has 0 spiro atoms. The van der Waals surface area contributed by atoms with Gasteiger partial charge < -0.3 is 5.32 Å². The first-order valence-corrected chi connectivity index (χ1v) is 8.79. The zero-order valence-corrected chi connectivity index (χ0v) is 13.3.